The van der Waals surface area contributed by atoms with Crippen molar-refractivity contribution in [1.82, 2.24) is 0 Å². The molecule has 0 spiro atoms. The van der Waals surface area contributed by atoms with E-state index < -0.39 is 5.82 Å². The standard InChI is InChI=1S/C10H14FNO2/c1-6(12)7-4-5-8(11)10(14-3)9(7)13-2/h4-6H,12H2,1-3H3. The van der Waals surface area contributed by atoms with Crippen molar-refractivity contribution in [3.8, 4) is 11.5 Å². The Bertz CT molecular complexity index is 326. The maximum absolute atomic E-state index is 13.2. The molecule has 1 rings (SSSR count). The molecule has 0 aromatic heterocycles. The van der Waals surface area contributed by atoms with Gasteiger partial charge in [0.05, 0.1) is 14.2 Å². The average molecular weight is 199 g/mol. The third-order valence-corrected chi connectivity index (χ3v) is 1.99. The van der Waals surface area contributed by atoms with Crippen LogP contribution in [0.4, 0.5) is 4.39 Å². The Morgan fingerprint density at radius 3 is 2.21 bits per heavy atom. The van der Waals surface area contributed by atoms with E-state index in [0.717, 1.165) is 5.56 Å². The molecule has 2 N–H and O–H groups in total. The number of hydrogen-bond donors (Lipinski definition) is 1. The molecule has 0 saturated heterocycles. The molecule has 0 aliphatic carbocycles. The SMILES string of the molecule is COc1c(F)ccc(C(C)N)c1OC. The van der Waals surface area contributed by atoms with Gasteiger partial charge in [0.2, 0.25) is 0 Å². The molecule has 3 nitrogen and oxygen atoms in total. The smallest absolute Gasteiger partial charge is 0.197 e. The van der Waals surface area contributed by atoms with Gasteiger partial charge >= 0.3 is 0 Å². The average Bonchev–Trinajstić information content (AvgIpc) is 2.16. The molecule has 0 saturated carbocycles. The van der Waals surface area contributed by atoms with Gasteiger partial charge < -0.3 is 15.2 Å². The number of halogens is 1. The maximum Gasteiger partial charge on any atom is 0.197 e. The summed E-state index contributed by atoms with van der Waals surface area (Å²) < 4.78 is 23.2. The van der Waals surface area contributed by atoms with Crippen LogP contribution in [0.5, 0.6) is 11.5 Å². The van der Waals surface area contributed by atoms with Crippen molar-refractivity contribution < 1.29 is 13.9 Å². The first-order valence-corrected chi connectivity index (χ1v) is 4.27. The summed E-state index contributed by atoms with van der Waals surface area (Å²) in [6, 6.07) is 2.70. The number of rotatable bonds is 3. The third-order valence-electron chi connectivity index (χ3n) is 1.99. The van der Waals surface area contributed by atoms with Gasteiger partial charge in [0, 0.05) is 11.6 Å². The Hall–Kier alpha value is -1.29. The van der Waals surface area contributed by atoms with Crippen LogP contribution >= 0.6 is 0 Å². The third kappa shape index (κ3) is 1.80. The second kappa shape index (κ2) is 4.28. The number of methoxy groups -OCH3 is 2. The molecule has 1 atom stereocenters. The molecule has 1 aromatic rings. The van der Waals surface area contributed by atoms with Crippen LogP contribution in [0, 0.1) is 5.82 Å². The molecule has 0 aliphatic rings. The molecule has 1 unspecified atom stereocenters. The van der Waals surface area contributed by atoms with Gasteiger partial charge in [0.15, 0.2) is 17.3 Å². The zero-order valence-electron chi connectivity index (χ0n) is 8.50. The van der Waals surface area contributed by atoms with E-state index in [1.54, 1.807) is 13.0 Å². The molecule has 0 bridgehead atoms. The van der Waals surface area contributed by atoms with Gasteiger partial charge in [0.1, 0.15) is 0 Å². The minimum absolute atomic E-state index is 0.0994. The minimum Gasteiger partial charge on any atom is -0.492 e. The fraction of sp³-hybridized carbons (Fsp3) is 0.400. The molecule has 0 radical (unpaired) electrons. The van der Waals surface area contributed by atoms with Crippen molar-refractivity contribution in [3.05, 3.63) is 23.5 Å². The molecule has 78 valence electrons. The van der Waals surface area contributed by atoms with Crippen LogP contribution in [0.2, 0.25) is 0 Å². The van der Waals surface area contributed by atoms with Gasteiger partial charge in [-0.1, -0.05) is 6.07 Å². The van der Waals surface area contributed by atoms with Crippen LogP contribution < -0.4 is 15.2 Å². The van der Waals surface area contributed by atoms with Gasteiger partial charge in [-0.2, -0.15) is 0 Å². The van der Waals surface area contributed by atoms with Crippen molar-refractivity contribution in [2.45, 2.75) is 13.0 Å². The Labute approximate surface area is 82.6 Å². The van der Waals surface area contributed by atoms with E-state index in [4.69, 9.17) is 15.2 Å². The van der Waals surface area contributed by atoms with Crippen molar-refractivity contribution in [2.75, 3.05) is 14.2 Å². The molecule has 4 heteroatoms. The van der Waals surface area contributed by atoms with Crippen LogP contribution in [-0.2, 0) is 0 Å². The number of ether oxygens (including phenoxy) is 2. The lowest BCUT2D eigenvalue weighted by Gasteiger charge is -2.15. The summed E-state index contributed by atoms with van der Waals surface area (Å²) in [6.07, 6.45) is 0. The summed E-state index contributed by atoms with van der Waals surface area (Å²) >= 11 is 0. The highest BCUT2D eigenvalue weighted by atomic mass is 19.1. The van der Waals surface area contributed by atoms with Crippen LogP contribution in [-0.4, -0.2) is 14.2 Å². The maximum atomic E-state index is 13.2. The van der Waals surface area contributed by atoms with E-state index in [1.165, 1.54) is 20.3 Å². The lowest BCUT2D eigenvalue weighted by atomic mass is 10.1. The topological polar surface area (TPSA) is 44.5 Å². The van der Waals surface area contributed by atoms with E-state index >= 15 is 0 Å². The van der Waals surface area contributed by atoms with Gasteiger partial charge in [-0.3, -0.25) is 0 Å². The predicted molar refractivity (Wildman–Crippen MR) is 52.1 cm³/mol. The largest absolute Gasteiger partial charge is 0.492 e. The van der Waals surface area contributed by atoms with Gasteiger partial charge in [-0.25, -0.2) is 4.39 Å². The summed E-state index contributed by atoms with van der Waals surface area (Å²) in [5, 5.41) is 0. The Balaban J connectivity index is 3.33. The van der Waals surface area contributed by atoms with Crippen LogP contribution in [0.15, 0.2) is 12.1 Å². The van der Waals surface area contributed by atoms with Gasteiger partial charge in [0.25, 0.3) is 0 Å². The first-order valence-electron chi connectivity index (χ1n) is 4.27. The second-order valence-corrected chi connectivity index (χ2v) is 2.99. The summed E-state index contributed by atoms with van der Waals surface area (Å²) in [6.45, 7) is 1.80. The van der Waals surface area contributed by atoms with Crippen molar-refractivity contribution >= 4 is 0 Å². The predicted octanol–water partition coefficient (Wildman–Crippen LogP) is 1.86. The summed E-state index contributed by atoms with van der Waals surface area (Å²) in [5.74, 6) is 0.0125. The number of hydrogen-bond acceptors (Lipinski definition) is 3. The lowest BCUT2D eigenvalue weighted by molar-refractivity contribution is 0.333. The molecular formula is C10H14FNO2. The number of benzene rings is 1. The van der Waals surface area contributed by atoms with Crippen molar-refractivity contribution in [2.24, 2.45) is 5.73 Å². The highest BCUT2D eigenvalue weighted by Gasteiger charge is 2.16. The molecule has 1 aromatic carbocycles. The van der Waals surface area contributed by atoms with E-state index in [-0.39, 0.29) is 11.8 Å². The van der Waals surface area contributed by atoms with Crippen molar-refractivity contribution in [1.29, 1.82) is 0 Å². The monoisotopic (exact) mass is 199 g/mol. The van der Waals surface area contributed by atoms with E-state index in [9.17, 15) is 4.39 Å². The second-order valence-electron chi connectivity index (χ2n) is 2.99. The molecule has 0 amide bonds. The van der Waals surface area contributed by atoms with Crippen molar-refractivity contribution in [3.63, 3.8) is 0 Å². The van der Waals surface area contributed by atoms with Crippen LogP contribution in [0.3, 0.4) is 0 Å². The van der Waals surface area contributed by atoms with E-state index in [0.29, 0.717) is 5.75 Å². The molecule has 0 aliphatic heterocycles. The Kier molecular flexibility index (Phi) is 3.30. The van der Waals surface area contributed by atoms with Gasteiger partial charge in [-0.15, -0.1) is 0 Å². The van der Waals surface area contributed by atoms with E-state index in [1.807, 2.05) is 0 Å². The summed E-state index contributed by atoms with van der Waals surface area (Å²) in [5.41, 5.74) is 6.43. The van der Waals surface area contributed by atoms with E-state index in [2.05, 4.69) is 0 Å². The Morgan fingerprint density at radius 2 is 1.79 bits per heavy atom. The minimum atomic E-state index is -0.450. The van der Waals surface area contributed by atoms with Crippen LogP contribution in [0.25, 0.3) is 0 Å². The molecular weight excluding hydrogens is 185 g/mol. The molecule has 0 heterocycles. The lowest BCUT2D eigenvalue weighted by Crippen LogP contribution is -2.08. The highest BCUT2D eigenvalue weighted by Crippen LogP contribution is 2.35. The highest BCUT2D eigenvalue weighted by molar-refractivity contribution is 5.48. The molecule has 0 fully saturated rings. The number of nitrogens with two attached hydrogens (primary N) is 1. The summed E-state index contributed by atoms with van der Waals surface area (Å²) in [4.78, 5) is 0. The zero-order valence-corrected chi connectivity index (χ0v) is 8.50. The molecule has 14 heavy (non-hydrogen) atoms. The summed E-state index contributed by atoms with van der Waals surface area (Å²) in [7, 11) is 2.86. The van der Waals surface area contributed by atoms with Gasteiger partial charge in [-0.05, 0) is 13.0 Å². The quantitative estimate of drug-likeness (QED) is 0.808. The fourth-order valence-electron chi connectivity index (χ4n) is 1.31. The van der Waals surface area contributed by atoms with Crippen LogP contribution in [0.1, 0.15) is 18.5 Å². The Morgan fingerprint density at radius 1 is 1.21 bits per heavy atom. The first-order chi connectivity index (χ1) is 6.61. The first kappa shape index (κ1) is 10.8. The fourth-order valence-corrected chi connectivity index (χ4v) is 1.31. The zero-order chi connectivity index (χ0) is 10.7. The normalized spacial score (nSPS) is 12.4.